The molecule has 1 aliphatic heterocycles. The van der Waals surface area contributed by atoms with Gasteiger partial charge in [0, 0.05) is 26.2 Å². The molecule has 1 heterocycles. The summed E-state index contributed by atoms with van der Waals surface area (Å²) in [5, 5.41) is 2.79. The van der Waals surface area contributed by atoms with Gasteiger partial charge in [0.25, 0.3) is 0 Å². The van der Waals surface area contributed by atoms with Crippen LogP contribution in [0.2, 0.25) is 0 Å². The Morgan fingerprint density at radius 3 is 2.54 bits per heavy atom. The van der Waals surface area contributed by atoms with Crippen molar-refractivity contribution in [2.45, 2.75) is 25.6 Å². The first-order valence-electron chi connectivity index (χ1n) is 7.76. The molecule has 0 aliphatic carbocycles. The molecule has 1 aromatic rings. The number of carbonyl (C=O) groups excluding carboxylic acids is 1. The first-order valence-corrected chi connectivity index (χ1v) is 7.76. The molecule has 8 heteroatoms. The third-order valence-corrected chi connectivity index (χ3v) is 4.01. The normalized spacial score (nSPS) is 18.8. The van der Waals surface area contributed by atoms with Gasteiger partial charge in [-0.05, 0) is 37.1 Å². The highest BCUT2D eigenvalue weighted by Crippen LogP contribution is 2.29. The molecule has 0 radical (unpaired) electrons. The average Bonchev–Trinajstić information content (AvgIpc) is 2.52. The van der Waals surface area contributed by atoms with Crippen molar-refractivity contribution >= 4 is 18.3 Å². The number of benzene rings is 1. The molecule has 1 aromatic carbocycles. The minimum atomic E-state index is -4.31. The highest BCUT2D eigenvalue weighted by atomic mass is 35.5. The zero-order valence-corrected chi connectivity index (χ0v) is 14.1. The number of hydrogen-bond donors (Lipinski definition) is 2. The third kappa shape index (κ3) is 5.96. The van der Waals surface area contributed by atoms with Crippen molar-refractivity contribution in [3.05, 3.63) is 35.4 Å². The topological polar surface area (TPSA) is 58.4 Å². The average molecular weight is 366 g/mol. The number of piperidine rings is 1. The number of alkyl halides is 3. The predicted octanol–water partition coefficient (Wildman–Crippen LogP) is 2.41. The van der Waals surface area contributed by atoms with E-state index in [4.69, 9.17) is 5.73 Å². The molecule has 0 bridgehead atoms. The summed E-state index contributed by atoms with van der Waals surface area (Å²) < 4.78 is 37.7. The number of carbonyl (C=O) groups is 1. The lowest BCUT2D eigenvalue weighted by Gasteiger charge is -2.32. The van der Waals surface area contributed by atoms with Crippen LogP contribution in [-0.2, 0) is 17.5 Å². The Kier molecular flexibility index (Phi) is 7.99. The van der Waals surface area contributed by atoms with Crippen molar-refractivity contribution in [3.63, 3.8) is 0 Å². The van der Waals surface area contributed by atoms with Gasteiger partial charge in [0.05, 0.1) is 11.5 Å². The summed E-state index contributed by atoms with van der Waals surface area (Å²) in [6.07, 6.45) is -2.57. The summed E-state index contributed by atoms with van der Waals surface area (Å²) in [6, 6.07) is 5.21. The van der Waals surface area contributed by atoms with Gasteiger partial charge in [0.2, 0.25) is 5.91 Å². The molecule has 3 N–H and O–H groups in total. The maximum atomic E-state index is 12.6. The van der Waals surface area contributed by atoms with E-state index in [9.17, 15) is 18.0 Å². The number of rotatable bonds is 5. The molecule has 1 amide bonds. The Bertz CT molecular complexity index is 522. The lowest BCUT2D eigenvalue weighted by Crippen LogP contribution is -2.43. The van der Waals surface area contributed by atoms with Crippen molar-refractivity contribution in [1.82, 2.24) is 10.2 Å². The first kappa shape index (κ1) is 20.7. The molecule has 0 spiro atoms. The van der Waals surface area contributed by atoms with E-state index in [0.717, 1.165) is 37.1 Å². The molecule has 0 aromatic heterocycles. The molecule has 1 fully saturated rings. The number of amides is 1. The first-order chi connectivity index (χ1) is 10.9. The number of likely N-dealkylation sites (tertiary alicyclic amines) is 1. The summed E-state index contributed by atoms with van der Waals surface area (Å²) in [5.41, 5.74) is 5.55. The fourth-order valence-electron chi connectivity index (χ4n) is 2.81. The summed E-state index contributed by atoms with van der Waals surface area (Å²) in [4.78, 5) is 14.1. The zero-order chi connectivity index (χ0) is 16.9. The van der Waals surface area contributed by atoms with E-state index >= 15 is 0 Å². The van der Waals surface area contributed by atoms with Gasteiger partial charge in [-0.15, -0.1) is 12.4 Å². The van der Waals surface area contributed by atoms with E-state index in [0.29, 0.717) is 26.2 Å². The Hall–Kier alpha value is -1.31. The minimum absolute atomic E-state index is 0. The number of halogens is 4. The lowest BCUT2D eigenvalue weighted by molar-refractivity contribution is -0.137. The van der Waals surface area contributed by atoms with Crippen LogP contribution >= 0.6 is 12.4 Å². The smallest absolute Gasteiger partial charge is 0.355 e. The summed E-state index contributed by atoms with van der Waals surface area (Å²) in [7, 11) is 0. The summed E-state index contributed by atoms with van der Waals surface area (Å²) in [6.45, 7) is 2.90. The van der Waals surface area contributed by atoms with Gasteiger partial charge in [-0.3, -0.25) is 9.69 Å². The van der Waals surface area contributed by atoms with E-state index in [-0.39, 0.29) is 24.2 Å². The van der Waals surface area contributed by atoms with Gasteiger partial charge in [0.1, 0.15) is 0 Å². The van der Waals surface area contributed by atoms with Gasteiger partial charge >= 0.3 is 6.18 Å². The van der Waals surface area contributed by atoms with Gasteiger partial charge in [-0.1, -0.05) is 12.1 Å². The molecule has 2 rings (SSSR count). The van der Waals surface area contributed by atoms with Gasteiger partial charge in [-0.25, -0.2) is 0 Å². The van der Waals surface area contributed by atoms with Crippen LogP contribution in [0.4, 0.5) is 13.2 Å². The van der Waals surface area contributed by atoms with Crippen molar-refractivity contribution in [2.75, 3.05) is 26.2 Å². The number of nitrogens with zero attached hydrogens (tertiary/aromatic N) is 1. The van der Waals surface area contributed by atoms with E-state index in [2.05, 4.69) is 10.2 Å². The molecule has 1 atom stereocenters. The summed E-state index contributed by atoms with van der Waals surface area (Å²) in [5.74, 6) is -0.0719. The van der Waals surface area contributed by atoms with Crippen LogP contribution in [0, 0.1) is 5.92 Å². The van der Waals surface area contributed by atoms with Crippen LogP contribution in [-0.4, -0.2) is 37.0 Å². The SMILES string of the molecule is Cl.NCCNC(=O)C1CCCN(Cc2ccc(C(F)(F)F)cc2)C1. The Balaban J connectivity index is 0.00000288. The van der Waals surface area contributed by atoms with Crippen LogP contribution in [0.5, 0.6) is 0 Å². The Morgan fingerprint density at radius 2 is 1.96 bits per heavy atom. The molecular formula is C16H23ClF3N3O. The van der Waals surface area contributed by atoms with Crippen molar-refractivity contribution in [2.24, 2.45) is 11.7 Å². The molecule has 4 nitrogen and oxygen atoms in total. The molecule has 1 unspecified atom stereocenters. The van der Waals surface area contributed by atoms with Crippen LogP contribution in [0.25, 0.3) is 0 Å². The zero-order valence-electron chi connectivity index (χ0n) is 13.3. The standard InChI is InChI=1S/C16H22F3N3O.ClH/c17-16(18,19)14-5-3-12(4-6-14)10-22-9-1-2-13(11-22)15(23)21-8-7-20;/h3-6,13H,1-2,7-11,20H2,(H,21,23);1H. The van der Waals surface area contributed by atoms with E-state index in [1.165, 1.54) is 12.1 Å². The third-order valence-electron chi connectivity index (χ3n) is 4.01. The predicted molar refractivity (Wildman–Crippen MR) is 88.8 cm³/mol. The Morgan fingerprint density at radius 1 is 1.29 bits per heavy atom. The highest BCUT2D eigenvalue weighted by molar-refractivity contribution is 5.85. The largest absolute Gasteiger partial charge is 0.416 e. The lowest BCUT2D eigenvalue weighted by atomic mass is 9.96. The second-order valence-corrected chi connectivity index (χ2v) is 5.85. The molecule has 136 valence electrons. The quantitative estimate of drug-likeness (QED) is 0.842. The van der Waals surface area contributed by atoms with Gasteiger partial charge in [-0.2, -0.15) is 13.2 Å². The maximum absolute atomic E-state index is 12.6. The minimum Gasteiger partial charge on any atom is -0.355 e. The highest BCUT2D eigenvalue weighted by Gasteiger charge is 2.30. The van der Waals surface area contributed by atoms with E-state index in [1.807, 2.05) is 0 Å². The fraction of sp³-hybridized carbons (Fsp3) is 0.562. The molecule has 24 heavy (non-hydrogen) atoms. The van der Waals surface area contributed by atoms with E-state index in [1.54, 1.807) is 0 Å². The second-order valence-electron chi connectivity index (χ2n) is 5.85. The molecule has 0 saturated carbocycles. The summed E-state index contributed by atoms with van der Waals surface area (Å²) >= 11 is 0. The Labute approximate surface area is 146 Å². The van der Waals surface area contributed by atoms with Crippen LogP contribution in [0.15, 0.2) is 24.3 Å². The molecule has 1 aliphatic rings. The molecular weight excluding hydrogens is 343 g/mol. The van der Waals surface area contributed by atoms with Crippen molar-refractivity contribution in [3.8, 4) is 0 Å². The number of hydrogen-bond acceptors (Lipinski definition) is 3. The van der Waals surface area contributed by atoms with Crippen LogP contribution < -0.4 is 11.1 Å². The maximum Gasteiger partial charge on any atom is 0.416 e. The van der Waals surface area contributed by atoms with Crippen LogP contribution in [0.1, 0.15) is 24.0 Å². The van der Waals surface area contributed by atoms with Crippen molar-refractivity contribution in [1.29, 1.82) is 0 Å². The van der Waals surface area contributed by atoms with E-state index < -0.39 is 11.7 Å². The van der Waals surface area contributed by atoms with Gasteiger partial charge < -0.3 is 11.1 Å². The second kappa shape index (κ2) is 9.25. The molecule has 1 saturated heterocycles. The van der Waals surface area contributed by atoms with Crippen LogP contribution in [0.3, 0.4) is 0 Å². The van der Waals surface area contributed by atoms with Gasteiger partial charge in [0.15, 0.2) is 0 Å². The fourth-order valence-corrected chi connectivity index (χ4v) is 2.81. The number of nitrogens with one attached hydrogen (secondary N) is 1. The number of nitrogens with two attached hydrogens (primary N) is 1. The van der Waals surface area contributed by atoms with Crippen molar-refractivity contribution < 1.29 is 18.0 Å². The monoisotopic (exact) mass is 365 g/mol.